The van der Waals surface area contributed by atoms with E-state index >= 15 is 0 Å². The molecule has 512 valence electrons. The number of carbonyl (C=O) groups excluding carboxylic acids is 5. The molecule has 3 saturated heterocycles. The number of rotatable bonds is 25. The molecule has 6 aromatic rings. The highest BCUT2D eigenvalue weighted by molar-refractivity contribution is 5.95. The second-order valence-electron chi connectivity index (χ2n) is 25.6. The van der Waals surface area contributed by atoms with Crippen LogP contribution in [-0.2, 0) is 53.6 Å². The number of para-hydroxylation sites is 1. The van der Waals surface area contributed by atoms with Gasteiger partial charge in [-0.2, -0.15) is 26.3 Å². The summed E-state index contributed by atoms with van der Waals surface area (Å²) in [7, 11) is 5.22. The van der Waals surface area contributed by atoms with Crippen molar-refractivity contribution in [1.82, 2.24) is 29.4 Å². The van der Waals surface area contributed by atoms with E-state index < -0.39 is 64.6 Å². The SMILES string of the molecule is CN(CCN1CCC(OC(=O)Nc2ccccc2-c2ccccc2)CC1)C(=O)CCCCCNc1ccc(C(=O)N(C)CCN(C)C(=O)CO[C@H]2Cc3ccccc3C23CCN(CC[C@]2(c4ccc(F)cc4)CN(C(=O)c4cc(C(F)(F)F)cc(C(F)(F)F)c4)CO2)CC3)cc1. The lowest BCUT2D eigenvalue weighted by Gasteiger charge is -2.44. The van der Waals surface area contributed by atoms with E-state index in [-0.39, 0.29) is 68.7 Å². The number of hydrogen-bond donors (Lipinski definition) is 2. The molecule has 3 aliphatic heterocycles. The first-order valence-electron chi connectivity index (χ1n) is 32.8. The number of fused-ring (bicyclic) bond motifs is 2. The number of nitrogens with zero attached hydrogens (tertiary/aromatic N) is 6. The van der Waals surface area contributed by atoms with Gasteiger partial charge >= 0.3 is 18.4 Å². The quantitative estimate of drug-likeness (QED) is 0.0415. The molecule has 1 spiro atoms. The average molecular weight is 1330 g/mol. The highest BCUT2D eigenvalue weighted by Gasteiger charge is 2.50. The van der Waals surface area contributed by atoms with Crippen molar-refractivity contribution in [3.8, 4) is 11.1 Å². The maximum atomic E-state index is 14.2. The molecular formula is C73H83F7N8O8. The van der Waals surface area contributed by atoms with Gasteiger partial charge in [0.25, 0.3) is 11.8 Å². The molecule has 4 aliphatic rings. The second kappa shape index (κ2) is 31.2. The maximum absolute atomic E-state index is 14.2. The maximum Gasteiger partial charge on any atom is 0.416 e. The molecular weight excluding hydrogens is 1250 g/mol. The number of hydrogen-bond acceptors (Lipinski definition) is 11. The van der Waals surface area contributed by atoms with Crippen molar-refractivity contribution in [2.24, 2.45) is 0 Å². The zero-order chi connectivity index (χ0) is 68.2. The Bertz CT molecular complexity index is 3610. The highest BCUT2D eigenvalue weighted by Crippen LogP contribution is 2.48. The Kier molecular flexibility index (Phi) is 22.9. The molecule has 0 aromatic heterocycles. The molecule has 5 amide bonds. The third kappa shape index (κ3) is 17.6. The lowest BCUT2D eigenvalue weighted by Crippen LogP contribution is -2.50. The first-order chi connectivity index (χ1) is 46.0. The topological polar surface area (TPSA) is 157 Å². The minimum atomic E-state index is -5.15. The summed E-state index contributed by atoms with van der Waals surface area (Å²) >= 11 is 0. The van der Waals surface area contributed by atoms with Crippen molar-refractivity contribution in [1.29, 1.82) is 0 Å². The van der Waals surface area contributed by atoms with E-state index in [9.17, 15) is 54.7 Å². The Hall–Kier alpha value is -8.38. The van der Waals surface area contributed by atoms with Crippen molar-refractivity contribution < 1.29 is 68.9 Å². The summed E-state index contributed by atoms with van der Waals surface area (Å²) in [5.41, 5.74) is 1.07. The van der Waals surface area contributed by atoms with Gasteiger partial charge < -0.3 is 48.9 Å². The molecule has 16 nitrogen and oxygen atoms in total. The van der Waals surface area contributed by atoms with Crippen LogP contribution in [0.15, 0.2) is 146 Å². The van der Waals surface area contributed by atoms with Crippen molar-refractivity contribution in [3.63, 3.8) is 0 Å². The number of likely N-dealkylation sites (tertiary alicyclic amines) is 2. The van der Waals surface area contributed by atoms with Gasteiger partial charge in [-0.05, 0) is 147 Å². The molecule has 23 heteroatoms. The first-order valence-corrected chi connectivity index (χ1v) is 32.8. The fourth-order valence-electron chi connectivity index (χ4n) is 13.5. The molecule has 6 aromatic carbocycles. The molecule has 1 aliphatic carbocycles. The van der Waals surface area contributed by atoms with Gasteiger partial charge in [-0.1, -0.05) is 91.3 Å². The zero-order valence-electron chi connectivity index (χ0n) is 54.4. The fraction of sp³-hybridized carbons (Fsp3) is 0.438. The predicted octanol–water partition coefficient (Wildman–Crippen LogP) is 12.6. The Morgan fingerprint density at radius 2 is 1.29 bits per heavy atom. The predicted molar refractivity (Wildman–Crippen MR) is 350 cm³/mol. The van der Waals surface area contributed by atoms with E-state index in [0.29, 0.717) is 87.4 Å². The number of anilines is 2. The number of amides is 5. The molecule has 3 heterocycles. The Morgan fingerprint density at radius 1 is 0.656 bits per heavy atom. The van der Waals surface area contributed by atoms with Crippen molar-refractivity contribution >= 4 is 41.1 Å². The van der Waals surface area contributed by atoms with Crippen LogP contribution in [-0.4, -0.2) is 178 Å². The van der Waals surface area contributed by atoms with Crippen molar-refractivity contribution in [2.45, 2.75) is 99.8 Å². The summed E-state index contributed by atoms with van der Waals surface area (Å²) in [4.78, 5) is 77.3. The summed E-state index contributed by atoms with van der Waals surface area (Å²) in [6, 6.07) is 39.1. The second-order valence-corrected chi connectivity index (χ2v) is 25.6. The molecule has 2 atom stereocenters. The standard InChI is InChI=1S/C73H83F7N8O8/c1-83(42-43-86-35-29-60(30-36-86)96-69(93)82-63-19-12-10-17-61(63)51-14-6-4-7-15-51)65(89)20-8-5-13-34-81-59-27-21-52(22-28-59)67(91)85(3)41-40-84(2)66(90)48-94-64-46-53-16-9-11-18-62(53)70(64)31-37-87(38-32-70)39-33-71(55-23-25-58(74)26-24-55)49-88(50-95-71)68(92)54-44-56(72(75,76)77)47-57(45-54)73(78,79)80/h4,6-7,9-12,14-19,21-28,44-45,47,60,64,81H,5,8,13,20,29-43,46,48-50H2,1-3H3,(H,82,93)/t64-,71+/m0/s1. The summed E-state index contributed by atoms with van der Waals surface area (Å²) in [5.74, 6) is -1.93. The molecule has 3 fully saturated rings. The van der Waals surface area contributed by atoms with E-state index in [2.05, 4.69) is 32.6 Å². The molecule has 10 rings (SSSR count). The van der Waals surface area contributed by atoms with Crippen LogP contribution >= 0.6 is 0 Å². The first kappa shape index (κ1) is 70.4. The minimum Gasteiger partial charge on any atom is -0.446 e. The number of carbonyl (C=O) groups is 5. The van der Waals surface area contributed by atoms with Crippen LogP contribution in [0.25, 0.3) is 11.1 Å². The van der Waals surface area contributed by atoms with Gasteiger partial charge in [-0.3, -0.25) is 24.5 Å². The van der Waals surface area contributed by atoms with Gasteiger partial charge in [0.1, 0.15) is 30.9 Å². The smallest absolute Gasteiger partial charge is 0.416 e. The van der Waals surface area contributed by atoms with Crippen LogP contribution in [0, 0.1) is 5.82 Å². The normalized spacial score (nSPS) is 18.2. The third-order valence-corrected chi connectivity index (χ3v) is 19.3. The number of likely N-dealkylation sites (N-methyl/N-ethyl adjacent to an activating group) is 3. The van der Waals surface area contributed by atoms with Crippen LogP contribution < -0.4 is 10.6 Å². The Morgan fingerprint density at radius 3 is 1.99 bits per heavy atom. The number of nitrogens with one attached hydrogen (secondary N) is 2. The number of halogens is 7. The van der Waals surface area contributed by atoms with Gasteiger partial charge in [0.05, 0.1) is 29.5 Å². The summed E-state index contributed by atoms with van der Waals surface area (Å²) in [5, 5.41) is 6.34. The molecule has 0 saturated carbocycles. The number of piperidine rings is 2. The minimum absolute atomic E-state index is 0.0302. The monoisotopic (exact) mass is 1330 g/mol. The number of benzene rings is 6. The van der Waals surface area contributed by atoms with E-state index in [1.54, 1.807) is 40.9 Å². The largest absolute Gasteiger partial charge is 0.446 e. The molecule has 0 radical (unpaired) electrons. The lowest BCUT2D eigenvalue weighted by atomic mass is 9.72. The molecule has 0 unspecified atom stereocenters. The average Bonchev–Trinajstić information content (AvgIpc) is 1.58. The van der Waals surface area contributed by atoms with Crippen molar-refractivity contribution in [2.75, 3.05) is 117 Å². The van der Waals surface area contributed by atoms with E-state index in [1.165, 1.54) is 24.3 Å². The summed E-state index contributed by atoms with van der Waals surface area (Å²) in [6.07, 6.45) is -4.67. The van der Waals surface area contributed by atoms with Gasteiger partial charge in [0.2, 0.25) is 11.8 Å². The highest BCUT2D eigenvalue weighted by atomic mass is 19.4. The van der Waals surface area contributed by atoms with E-state index in [0.717, 1.165) is 84.6 Å². The van der Waals surface area contributed by atoms with Gasteiger partial charge in [0, 0.05) is 108 Å². The molecule has 2 N–H and O–H groups in total. The third-order valence-electron chi connectivity index (χ3n) is 19.3. The van der Waals surface area contributed by atoms with Crippen LogP contribution in [0.3, 0.4) is 0 Å². The van der Waals surface area contributed by atoms with Gasteiger partial charge in [-0.15, -0.1) is 0 Å². The number of unbranched alkanes of at least 4 members (excludes halogenated alkanes) is 2. The molecule has 96 heavy (non-hydrogen) atoms. The Labute approximate surface area is 555 Å². The van der Waals surface area contributed by atoms with Crippen molar-refractivity contribution in [3.05, 3.63) is 190 Å². The zero-order valence-corrected chi connectivity index (χ0v) is 54.4. The number of alkyl halides is 6. The van der Waals surface area contributed by atoms with Gasteiger partial charge in [0.15, 0.2) is 0 Å². The van der Waals surface area contributed by atoms with Crippen LogP contribution in [0.4, 0.5) is 46.9 Å². The van der Waals surface area contributed by atoms with Crippen LogP contribution in [0.1, 0.15) is 106 Å². The van der Waals surface area contributed by atoms with E-state index in [4.69, 9.17) is 14.2 Å². The summed E-state index contributed by atoms with van der Waals surface area (Å²) < 4.78 is 116. The Balaban J connectivity index is 0.613. The van der Waals surface area contributed by atoms with Crippen LogP contribution in [0.5, 0.6) is 0 Å². The van der Waals surface area contributed by atoms with Crippen LogP contribution in [0.2, 0.25) is 0 Å². The summed E-state index contributed by atoms with van der Waals surface area (Å²) in [6.45, 7) is 4.96. The van der Waals surface area contributed by atoms with E-state index in [1.807, 2.05) is 85.9 Å². The fourth-order valence-corrected chi connectivity index (χ4v) is 13.5. The van der Waals surface area contributed by atoms with Gasteiger partial charge in [-0.25, -0.2) is 9.18 Å². The number of ether oxygens (including phenoxy) is 3. The molecule has 0 bridgehead atoms. The lowest BCUT2D eigenvalue weighted by molar-refractivity contribution is -0.143.